The van der Waals surface area contributed by atoms with Crippen molar-refractivity contribution in [3.63, 3.8) is 0 Å². The SMILES string of the molecule is CCCCCc1ccc(/C=N/N=C/c2ccc(F)c(F)c2)cc1. The van der Waals surface area contributed by atoms with Crippen molar-refractivity contribution in [3.05, 3.63) is 70.8 Å². The van der Waals surface area contributed by atoms with Crippen LogP contribution in [0, 0.1) is 11.6 Å². The van der Waals surface area contributed by atoms with Crippen molar-refractivity contribution in [1.82, 2.24) is 0 Å². The van der Waals surface area contributed by atoms with Crippen LogP contribution in [0.25, 0.3) is 0 Å². The number of rotatable bonds is 7. The fraction of sp³-hybridized carbons (Fsp3) is 0.263. The molecule has 2 aromatic carbocycles. The molecule has 0 bridgehead atoms. The maximum atomic E-state index is 13.0. The Morgan fingerprint density at radius 1 is 0.826 bits per heavy atom. The molecule has 0 atom stereocenters. The lowest BCUT2D eigenvalue weighted by Crippen LogP contribution is -1.88. The van der Waals surface area contributed by atoms with Crippen LogP contribution in [0.15, 0.2) is 52.7 Å². The number of aryl methyl sites for hydroxylation is 1. The molecule has 0 aliphatic heterocycles. The molecule has 0 heterocycles. The number of nitrogens with zero attached hydrogens (tertiary/aromatic N) is 2. The first-order chi connectivity index (χ1) is 11.2. The summed E-state index contributed by atoms with van der Waals surface area (Å²) in [6, 6.07) is 11.8. The topological polar surface area (TPSA) is 24.7 Å². The fourth-order valence-electron chi connectivity index (χ4n) is 2.14. The molecule has 0 amide bonds. The number of unbranched alkanes of at least 4 members (excludes halogenated alkanes) is 2. The molecule has 2 aromatic rings. The molecule has 0 aliphatic carbocycles. The van der Waals surface area contributed by atoms with E-state index >= 15 is 0 Å². The van der Waals surface area contributed by atoms with Gasteiger partial charge in [0.05, 0.1) is 12.4 Å². The number of hydrogen-bond donors (Lipinski definition) is 0. The highest BCUT2D eigenvalue weighted by atomic mass is 19.2. The standard InChI is InChI=1S/C19H20F2N2/c1-2-3-4-5-15-6-8-16(9-7-15)13-22-23-14-17-10-11-18(20)19(21)12-17/h6-14H,2-5H2,1H3/b22-13+,23-14+. The second-order valence-electron chi connectivity index (χ2n) is 5.36. The first kappa shape index (κ1) is 17.0. The zero-order valence-electron chi connectivity index (χ0n) is 13.2. The molecular formula is C19H20F2N2. The summed E-state index contributed by atoms with van der Waals surface area (Å²) >= 11 is 0. The molecule has 0 saturated heterocycles. The van der Waals surface area contributed by atoms with Gasteiger partial charge in [0.25, 0.3) is 0 Å². The molecule has 23 heavy (non-hydrogen) atoms. The van der Waals surface area contributed by atoms with Gasteiger partial charge >= 0.3 is 0 Å². The van der Waals surface area contributed by atoms with Crippen molar-refractivity contribution in [1.29, 1.82) is 0 Å². The second kappa shape index (κ2) is 8.93. The summed E-state index contributed by atoms with van der Waals surface area (Å²) in [7, 11) is 0. The van der Waals surface area contributed by atoms with E-state index in [1.54, 1.807) is 6.21 Å². The summed E-state index contributed by atoms with van der Waals surface area (Å²) in [6.45, 7) is 2.19. The van der Waals surface area contributed by atoms with Crippen LogP contribution in [0.1, 0.15) is 42.9 Å². The van der Waals surface area contributed by atoms with Gasteiger partial charge in [-0.1, -0.05) is 50.1 Å². The molecule has 0 aliphatic rings. The maximum Gasteiger partial charge on any atom is 0.159 e. The molecule has 0 spiro atoms. The highest BCUT2D eigenvalue weighted by molar-refractivity contribution is 5.82. The van der Waals surface area contributed by atoms with Crippen molar-refractivity contribution >= 4 is 12.4 Å². The minimum Gasteiger partial charge on any atom is -0.204 e. The smallest absolute Gasteiger partial charge is 0.159 e. The Kier molecular flexibility index (Phi) is 6.60. The number of hydrogen-bond acceptors (Lipinski definition) is 2. The van der Waals surface area contributed by atoms with Crippen molar-refractivity contribution in [2.45, 2.75) is 32.6 Å². The summed E-state index contributed by atoms with van der Waals surface area (Å²) in [5, 5.41) is 7.77. The lowest BCUT2D eigenvalue weighted by molar-refractivity contribution is 0.508. The van der Waals surface area contributed by atoms with Gasteiger partial charge in [-0.25, -0.2) is 8.78 Å². The maximum absolute atomic E-state index is 13.0. The van der Waals surface area contributed by atoms with Crippen LogP contribution in [0.2, 0.25) is 0 Å². The predicted octanol–water partition coefficient (Wildman–Crippen LogP) is 5.15. The van der Waals surface area contributed by atoms with Crippen LogP contribution < -0.4 is 0 Å². The van der Waals surface area contributed by atoms with Gasteiger partial charge in [0.1, 0.15) is 0 Å². The first-order valence-electron chi connectivity index (χ1n) is 7.79. The Balaban J connectivity index is 1.89. The van der Waals surface area contributed by atoms with E-state index in [0.717, 1.165) is 24.1 Å². The van der Waals surface area contributed by atoms with Crippen molar-refractivity contribution in [2.24, 2.45) is 10.2 Å². The summed E-state index contributed by atoms with van der Waals surface area (Å²) in [6.07, 6.45) is 7.80. The Morgan fingerprint density at radius 2 is 1.48 bits per heavy atom. The zero-order chi connectivity index (χ0) is 16.5. The highest BCUT2D eigenvalue weighted by Gasteiger charge is 2.00. The third kappa shape index (κ3) is 5.74. The lowest BCUT2D eigenvalue weighted by atomic mass is 10.1. The van der Waals surface area contributed by atoms with Crippen LogP contribution in [-0.4, -0.2) is 12.4 Å². The van der Waals surface area contributed by atoms with Gasteiger partial charge in [0.15, 0.2) is 11.6 Å². The van der Waals surface area contributed by atoms with E-state index in [1.165, 1.54) is 37.1 Å². The molecule has 0 fully saturated rings. The van der Waals surface area contributed by atoms with Crippen LogP contribution in [0.3, 0.4) is 0 Å². The summed E-state index contributed by atoms with van der Waals surface area (Å²) in [5.41, 5.74) is 2.74. The fourth-order valence-corrected chi connectivity index (χ4v) is 2.14. The molecule has 0 radical (unpaired) electrons. The first-order valence-corrected chi connectivity index (χ1v) is 7.79. The van der Waals surface area contributed by atoms with Gasteiger partial charge in [-0.15, -0.1) is 0 Å². The number of benzene rings is 2. The van der Waals surface area contributed by atoms with Gasteiger partial charge in [0, 0.05) is 0 Å². The predicted molar refractivity (Wildman–Crippen MR) is 91.2 cm³/mol. The number of halogens is 2. The van der Waals surface area contributed by atoms with E-state index < -0.39 is 11.6 Å². The van der Waals surface area contributed by atoms with Crippen LogP contribution >= 0.6 is 0 Å². The Morgan fingerprint density at radius 3 is 2.13 bits per heavy atom. The highest BCUT2D eigenvalue weighted by Crippen LogP contribution is 2.08. The van der Waals surface area contributed by atoms with Crippen LogP contribution in [-0.2, 0) is 6.42 Å². The molecule has 2 rings (SSSR count). The van der Waals surface area contributed by atoms with Crippen LogP contribution in [0.4, 0.5) is 8.78 Å². The van der Waals surface area contributed by atoms with Gasteiger partial charge < -0.3 is 0 Å². The molecule has 0 aromatic heterocycles. The summed E-state index contributed by atoms with van der Waals surface area (Å²) in [5.74, 6) is -1.76. The normalized spacial score (nSPS) is 11.6. The molecular weight excluding hydrogens is 294 g/mol. The van der Waals surface area contributed by atoms with Crippen molar-refractivity contribution < 1.29 is 8.78 Å². The average molecular weight is 314 g/mol. The van der Waals surface area contributed by atoms with Gasteiger partial charge in [0.2, 0.25) is 0 Å². The minimum absolute atomic E-state index is 0.465. The Bertz CT molecular complexity index is 676. The monoisotopic (exact) mass is 314 g/mol. The molecule has 0 N–H and O–H groups in total. The molecule has 0 saturated carbocycles. The third-order valence-electron chi connectivity index (χ3n) is 3.47. The van der Waals surface area contributed by atoms with E-state index in [2.05, 4.69) is 29.3 Å². The largest absolute Gasteiger partial charge is 0.204 e. The van der Waals surface area contributed by atoms with E-state index in [4.69, 9.17) is 0 Å². The Labute approximate surface area is 135 Å². The molecule has 2 nitrogen and oxygen atoms in total. The zero-order valence-corrected chi connectivity index (χ0v) is 13.2. The second-order valence-corrected chi connectivity index (χ2v) is 5.36. The van der Waals surface area contributed by atoms with Gasteiger partial charge in [-0.2, -0.15) is 10.2 Å². The van der Waals surface area contributed by atoms with E-state index in [1.807, 2.05) is 12.1 Å². The van der Waals surface area contributed by atoms with Gasteiger partial charge in [-0.3, -0.25) is 0 Å². The molecule has 120 valence electrons. The van der Waals surface area contributed by atoms with Crippen molar-refractivity contribution in [3.8, 4) is 0 Å². The average Bonchev–Trinajstić information content (AvgIpc) is 2.56. The van der Waals surface area contributed by atoms with E-state index in [9.17, 15) is 8.78 Å². The molecule has 4 heteroatoms. The van der Waals surface area contributed by atoms with E-state index in [-0.39, 0.29) is 0 Å². The summed E-state index contributed by atoms with van der Waals surface area (Å²) < 4.78 is 25.8. The van der Waals surface area contributed by atoms with Crippen molar-refractivity contribution in [2.75, 3.05) is 0 Å². The summed E-state index contributed by atoms with van der Waals surface area (Å²) in [4.78, 5) is 0. The Hall–Kier alpha value is -2.36. The van der Waals surface area contributed by atoms with Crippen LogP contribution in [0.5, 0.6) is 0 Å². The van der Waals surface area contributed by atoms with E-state index in [0.29, 0.717) is 5.56 Å². The quantitative estimate of drug-likeness (QED) is 0.383. The van der Waals surface area contributed by atoms with Gasteiger partial charge in [-0.05, 0) is 41.7 Å². The molecule has 0 unspecified atom stereocenters. The third-order valence-corrected chi connectivity index (χ3v) is 3.47. The lowest BCUT2D eigenvalue weighted by Gasteiger charge is -2.00. The minimum atomic E-state index is -0.892.